The normalized spacial score (nSPS) is 14.1. The van der Waals surface area contributed by atoms with Crippen molar-refractivity contribution in [3.8, 4) is 17.1 Å². The van der Waals surface area contributed by atoms with Gasteiger partial charge in [-0.25, -0.2) is 13.8 Å². The van der Waals surface area contributed by atoms with E-state index >= 15 is 0 Å². The number of carbonyl (C=O) groups excluding carboxylic acids is 2. The van der Waals surface area contributed by atoms with Crippen LogP contribution < -0.4 is 10.1 Å². The number of aryl methyl sites for hydroxylation is 1. The highest BCUT2D eigenvalue weighted by atomic mass is 19.1. The monoisotopic (exact) mass is 483 g/mol. The number of halogens is 2. The number of hydrogen-bond acceptors (Lipinski definition) is 5. The molecule has 2 amide bonds. The fraction of sp³-hybridized carbons (Fsp3) is 0.346. The summed E-state index contributed by atoms with van der Waals surface area (Å²) in [5.74, 6) is -0.373. The number of rotatable bonds is 8. The Labute approximate surface area is 202 Å². The van der Waals surface area contributed by atoms with Crippen LogP contribution >= 0.6 is 0 Å². The van der Waals surface area contributed by atoms with Crippen LogP contribution in [0.5, 0.6) is 5.75 Å². The fourth-order valence-corrected chi connectivity index (χ4v) is 4.03. The highest BCUT2D eigenvalue weighted by molar-refractivity contribution is 5.94. The highest BCUT2D eigenvalue weighted by Crippen LogP contribution is 2.24. The number of nitrogens with one attached hydrogen (secondary N) is 1. The van der Waals surface area contributed by atoms with Crippen LogP contribution in [0.4, 0.5) is 8.78 Å². The second kappa shape index (κ2) is 11.1. The summed E-state index contributed by atoms with van der Waals surface area (Å²) >= 11 is 0. The van der Waals surface area contributed by atoms with E-state index in [9.17, 15) is 18.4 Å². The van der Waals surface area contributed by atoms with Crippen molar-refractivity contribution in [1.29, 1.82) is 0 Å². The van der Waals surface area contributed by atoms with E-state index in [0.717, 1.165) is 17.9 Å². The first-order chi connectivity index (χ1) is 16.9. The van der Waals surface area contributed by atoms with Gasteiger partial charge in [0.15, 0.2) is 11.7 Å². The van der Waals surface area contributed by atoms with Crippen LogP contribution in [0.1, 0.15) is 42.4 Å². The Morgan fingerprint density at radius 1 is 1.14 bits per heavy atom. The van der Waals surface area contributed by atoms with Gasteiger partial charge in [-0.2, -0.15) is 0 Å². The number of nitrogens with zero attached hydrogens (tertiary/aromatic N) is 2. The molecule has 2 aromatic carbocycles. The minimum Gasteiger partial charge on any atom is -0.494 e. The molecule has 1 N–H and O–H groups in total. The summed E-state index contributed by atoms with van der Waals surface area (Å²) in [6.45, 7) is 3.60. The molecule has 2 heterocycles. The second-order valence-corrected chi connectivity index (χ2v) is 8.33. The van der Waals surface area contributed by atoms with Crippen LogP contribution in [-0.4, -0.2) is 47.4 Å². The number of piperidine rings is 1. The minimum atomic E-state index is -0.738. The van der Waals surface area contributed by atoms with Crippen LogP contribution in [0.3, 0.4) is 0 Å². The number of hydrogen-bond donors (Lipinski definition) is 1. The van der Waals surface area contributed by atoms with Gasteiger partial charge in [-0.3, -0.25) is 9.59 Å². The summed E-state index contributed by atoms with van der Waals surface area (Å²) in [6.07, 6.45) is 3.12. The van der Waals surface area contributed by atoms with Gasteiger partial charge in [-0.1, -0.05) is 0 Å². The molecule has 184 valence electrons. The Morgan fingerprint density at radius 2 is 1.89 bits per heavy atom. The van der Waals surface area contributed by atoms with Crippen LogP contribution in [0.15, 0.2) is 53.1 Å². The maximum atomic E-state index is 13.9. The Hall–Kier alpha value is -3.75. The Bertz CT molecular complexity index is 1170. The summed E-state index contributed by atoms with van der Waals surface area (Å²) in [5, 5.41) is 3.00. The smallest absolute Gasteiger partial charge is 0.253 e. The van der Waals surface area contributed by atoms with Crippen LogP contribution in [0.25, 0.3) is 11.3 Å². The van der Waals surface area contributed by atoms with Crippen molar-refractivity contribution in [1.82, 2.24) is 15.2 Å². The minimum absolute atomic E-state index is 0.0136. The molecule has 1 aliphatic heterocycles. The molecule has 0 saturated carbocycles. The van der Waals surface area contributed by atoms with Crippen molar-refractivity contribution >= 4 is 11.8 Å². The first kappa shape index (κ1) is 24.4. The topological polar surface area (TPSA) is 84.7 Å². The lowest BCUT2D eigenvalue weighted by Gasteiger charge is -2.32. The largest absolute Gasteiger partial charge is 0.494 e. The molecule has 0 spiro atoms. The highest BCUT2D eigenvalue weighted by Gasteiger charge is 2.25. The molecule has 9 heteroatoms. The van der Waals surface area contributed by atoms with Crippen molar-refractivity contribution in [2.45, 2.75) is 38.6 Å². The molecule has 0 atom stereocenters. The molecule has 3 aromatic rings. The molecule has 1 aromatic heterocycles. The van der Waals surface area contributed by atoms with E-state index in [1.807, 2.05) is 6.92 Å². The van der Waals surface area contributed by atoms with Crippen molar-refractivity contribution in [2.24, 2.45) is 0 Å². The van der Waals surface area contributed by atoms with E-state index < -0.39 is 11.6 Å². The zero-order valence-electron chi connectivity index (χ0n) is 19.4. The van der Waals surface area contributed by atoms with E-state index in [0.29, 0.717) is 44.0 Å². The average Bonchev–Trinajstić information content (AvgIpc) is 3.32. The molecule has 1 fully saturated rings. The quantitative estimate of drug-likeness (QED) is 0.514. The van der Waals surface area contributed by atoms with E-state index in [1.54, 1.807) is 29.2 Å². The lowest BCUT2D eigenvalue weighted by molar-refractivity contribution is -0.122. The Balaban J connectivity index is 1.22. The van der Waals surface area contributed by atoms with E-state index in [2.05, 4.69) is 10.3 Å². The average molecular weight is 484 g/mol. The zero-order chi connectivity index (χ0) is 24.8. The third kappa shape index (κ3) is 6.23. The number of benzene rings is 2. The third-order valence-corrected chi connectivity index (χ3v) is 5.88. The summed E-state index contributed by atoms with van der Waals surface area (Å²) in [7, 11) is 0. The summed E-state index contributed by atoms with van der Waals surface area (Å²) in [6, 6.07) is 10.3. The Morgan fingerprint density at radius 3 is 2.57 bits per heavy atom. The number of oxazole rings is 1. The van der Waals surface area contributed by atoms with Crippen LogP contribution in [0, 0.1) is 11.6 Å². The SMILES string of the molecule is CCOc1ccc(C(=O)N2CCC(NC(=O)CCc3ncc(-c4ccc(F)cc4F)o3)CC2)cc1. The van der Waals surface area contributed by atoms with Crippen LogP contribution in [-0.2, 0) is 11.2 Å². The maximum Gasteiger partial charge on any atom is 0.253 e. The van der Waals surface area contributed by atoms with Gasteiger partial charge in [0, 0.05) is 43.6 Å². The summed E-state index contributed by atoms with van der Waals surface area (Å²) < 4.78 is 38.0. The molecule has 35 heavy (non-hydrogen) atoms. The van der Waals surface area contributed by atoms with Crippen molar-refractivity contribution in [3.63, 3.8) is 0 Å². The van der Waals surface area contributed by atoms with Crippen molar-refractivity contribution in [2.75, 3.05) is 19.7 Å². The van der Waals surface area contributed by atoms with Gasteiger partial charge >= 0.3 is 0 Å². The predicted molar refractivity (Wildman–Crippen MR) is 125 cm³/mol. The van der Waals surface area contributed by atoms with Gasteiger partial charge in [-0.05, 0) is 56.2 Å². The third-order valence-electron chi connectivity index (χ3n) is 5.88. The van der Waals surface area contributed by atoms with Gasteiger partial charge in [0.2, 0.25) is 5.91 Å². The van der Waals surface area contributed by atoms with Crippen molar-refractivity contribution in [3.05, 3.63) is 71.8 Å². The molecule has 0 aliphatic carbocycles. The number of likely N-dealkylation sites (tertiary alicyclic amines) is 1. The lowest BCUT2D eigenvalue weighted by Crippen LogP contribution is -2.46. The molecule has 7 nitrogen and oxygen atoms in total. The van der Waals surface area contributed by atoms with Gasteiger partial charge in [0.25, 0.3) is 5.91 Å². The zero-order valence-corrected chi connectivity index (χ0v) is 19.4. The summed E-state index contributed by atoms with van der Waals surface area (Å²) in [4.78, 5) is 31.0. The lowest BCUT2D eigenvalue weighted by atomic mass is 10.0. The predicted octanol–water partition coefficient (Wildman–Crippen LogP) is 4.37. The standard InChI is InChI=1S/C26H27F2N3O4/c1-2-34-20-6-3-17(4-7-20)26(33)31-13-11-19(12-14-31)30-24(32)9-10-25-29-16-23(35-25)21-8-5-18(27)15-22(21)28/h3-8,15-16,19H,2,9-14H2,1H3,(H,30,32). The van der Waals surface area contributed by atoms with Gasteiger partial charge < -0.3 is 19.4 Å². The molecular weight excluding hydrogens is 456 g/mol. The number of aromatic nitrogens is 1. The molecule has 4 rings (SSSR count). The van der Waals surface area contributed by atoms with E-state index in [1.165, 1.54) is 12.3 Å². The molecule has 0 radical (unpaired) electrons. The molecule has 1 saturated heterocycles. The van der Waals surface area contributed by atoms with Crippen molar-refractivity contribution < 1.29 is 27.5 Å². The fourth-order valence-electron chi connectivity index (χ4n) is 4.03. The number of ether oxygens (including phenoxy) is 1. The first-order valence-electron chi connectivity index (χ1n) is 11.6. The summed E-state index contributed by atoms with van der Waals surface area (Å²) in [5.41, 5.74) is 0.725. The van der Waals surface area contributed by atoms with E-state index in [4.69, 9.17) is 9.15 Å². The Kier molecular flexibility index (Phi) is 7.74. The molecule has 0 unspecified atom stereocenters. The number of amides is 2. The first-order valence-corrected chi connectivity index (χ1v) is 11.6. The second-order valence-electron chi connectivity index (χ2n) is 8.33. The van der Waals surface area contributed by atoms with Crippen LogP contribution in [0.2, 0.25) is 0 Å². The van der Waals surface area contributed by atoms with E-state index in [-0.39, 0.29) is 42.0 Å². The van der Waals surface area contributed by atoms with Gasteiger partial charge in [0.05, 0.1) is 18.4 Å². The van der Waals surface area contributed by atoms with Gasteiger partial charge in [0.1, 0.15) is 17.4 Å². The number of carbonyl (C=O) groups is 2. The maximum absolute atomic E-state index is 13.9. The molecule has 1 aliphatic rings. The van der Waals surface area contributed by atoms with Gasteiger partial charge in [-0.15, -0.1) is 0 Å². The molecular formula is C26H27F2N3O4. The molecule has 0 bridgehead atoms.